The molecular formula is C20H30N2O4S. The van der Waals surface area contributed by atoms with Crippen molar-refractivity contribution in [1.82, 2.24) is 10.8 Å². The fourth-order valence-electron chi connectivity index (χ4n) is 3.07. The van der Waals surface area contributed by atoms with Gasteiger partial charge < -0.3 is 14.8 Å². The van der Waals surface area contributed by atoms with E-state index in [2.05, 4.69) is 25.7 Å². The number of ether oxygens (including phenoxy) is 2. The molecule has 0 spiro atoms. The van der Waals surface area contributed by atoms with Gasteiger partial charge in [0.15, 0.2) is 0 Å². The van der Waals surface area contributed by atoms with Gasteiger partial charge in [0.25, 0.3) is 5.91 Å². The van der Waals surface area contributed by atoms with Crippen LogP contribution in [0.3, 0.4) is 0 Å². The predicted molar refractivity (Wildman–Crippen MR) is 107 cm³/mol. The number of rotatable bonds is 9. The Balaban J connectivity index is 1.92. The van der Waals surface area contributed by atoms with E-state index in [0.717, 1.165) is 22.8 Å². The Morgan fingerprint density at radius 1 is 1.33 bits per heavy atom. The molecule has 1 aromatic rings. The highest BCUT2D eigenvalue weighted by molar-refractivity contribution is 8.01. The first-order valence-electron chi connectivity index (χ1n) is 9.14. The lowest BCUT2D eigenvalue weighted by Gasteiger charge is -2.34. The molecular weight excluding hydrogens is 364 g/mol. The first kappa shape index (κ1) is 21.6. The van der Waals surface area contributed by atoms with Crippen molar-refractivity contribution in [3.63, 3.8) is 0 Å². The minimum atomic E-state index is -0.701. The molecule has 27 heavy (non-hydrogen) atoms. The molecule has 0 radical (unpaired) electrons. The monoisotopic (exact) mass is 394 g/mol. The Morgan fingerprint density at radius 3 is 2.52 bits per heavy atom. The van der Waals surface area contributed by atoms with Crippen LogP contribution in [-0.4, -0.2) is 41.2 Å². The zero-order valence-corrected chi connectivity index (χ0v) is 17.2. The summed E-state index contributed by atoms with van der Waals surface area (Å²) in [4.78, 5) is 13.2. The van der Waals surface area contributed by atoms with Gasteiger partial charge in [0.1, 0.15) is 10.5 Å². The van der Waals surface area contributed by atoms with Gasteiger partial charge in [0.2, 0.25) is 0 Å². The molecule has 7 heteroatoms. The Hall–Kier alpha value is -1.70. The summed E-state index contributed by atoms with van der Waals surface area (Å²) in [5.74, 6) is 0.418. The molecule has 0 aromatic heterocycles. The number of nitrogens with one attached hydrogen (secondary N) is 2. The molecule has 1 fully saturated rings. The third-order valence-electron chi connectivity index (χ3n) is 4.50. The number of thioether (sulfide) groups is 1. The van der Waals surface area contributed by atoms with Gasteiger partial charge in [-0.3, -0.25) is 10.0 Å². The summed E-state index contributed by atoms with van der Waals surface area (Å²) in [6.07, 6.45) is 1.97. The Kier molecular flexibility index (Phi) is 7.59. The van der Waals surface area contributed by atoms with Crippen LogP contribution in [-0.2, 0) is 9.53 Å². The zero-order chi connectivity index (χ0) is 19.9. The van der Waals surface area contributed by atoms with Gasteiger partial charge in [-0.25, -0.2) is 5.48 Å². The number of allylic oxidation sites excluding steroid dienone is 1. The van der Waals surface area contributed by atoms with Crippen LogP contribution in [0, 0.1) is 0 Å². The van der Waals surface area contributed by atoms with Gasteiger partial charge in [-0.05, 0) is 57.9 Å². The summed E-state index contributed by atoms with van der Waals surface area (Å²) in [5, 5.41) is 12.4. The minimum absolute atomic E-state index is 0.0747. The lowest BCUT2D eigenvalue weighted by atomic mass is 9.98. The summed E-state index contributed by atoms with van der Waals surface area (Å²) in [7, 11) is 0. The summed E-state index contributed by atoms with van der Waals surface area (Å²) >= 11 is 1.46. The maximum absolute atomic E-state index is 12.2. The predicted octanol–water partition coefficient (Wildman–Crippen LogP) is 3.50. The van der Waals surface area contributed by atoms with Crippen molar-refractivity contribution < 1.29 is 19.5 Å². The maximum Gasteiger partial charge on any atom is 0.260 e. The van der Waals surface area contributed by atoms with Gasteiger partial charge >= 0.3 is 0 Å². The van der Waals surface area contributed by atoms with Crippen molar-refractivity contribution in [2.24, 2.45) is 0 Å². The van der Waals surface area contributed by atoms with Gasteiger partial charge in [0.05, 0.1) is 6.61 Å². The van der Waals surface area contributed by atoms with E-state index in [-0.39, 0.29) is 11.4 Å². The highest BCUT2D eigenvalue weighted by Gasteiger charge is 2.41. The van der Waals surface area contributed by atoms with Crippen LogP contribution >= 0.6 is 11.8 Å². The lowest BCUT2D eigenvalue weighted by molar-refractivity contribution is -0.134. The fourth-order valence-corrected chi connectivity index (χ4v) is 4.30. The average Bonchev–Trinajstić information content (AvgIpc) is 2.62. The summed E-state index contributed by atoms with van der Waals surface area (Å²) in [6, 6.07) is 7.70. The zero-order valence-electron chi connectivity index (χ0n) is 16.3. The molecule has 3 N–H and O–H groups in total. The standard InChI is InChI=1S/C20H30N2O4S/c1-15(2)21-19(3,4)9-14-26-16-5-7-17(8-6-16)27-20(18(23)22-24)10-12-25-13-11-20/h5-8,21,24H,1,9-14H2,2-4H3,(H,22,23). The third-order valence-corrected chi connectivity index (χ3v) is 5.99. The number of hydrogen-bond acceptors (Lipinski definition) is 6. The van der Waals surface area contributed by atoms with Crippen LogP contribution in [0.1, 0.15) is 40.0 Å². The second kappa shape index (κ2) is 9.48. The lowest BCUT2D eigenvalue weighted by Crippen LogP contribution is -2.46. The molecule has 0 unspecified atom stereocenters. The highest BCUT2D eigenvalue weighted by Crippen LogP contribution is 2.41. The Morgan fingerprint density at radius 2 is 1.96 bits per heavy atom. The SMILES string of the molecule is C=C(C)NC(C)(C)CCOc1ccc(SC2(C(=O)NO)CCOCC2)cc1. The molecule has 2 rings (SSSR count). The second-order valence-electron chi connectivity index (χ2n) is 7.51. The van der Waals surface area contributed by atoms with Crippen LogP contribution < -0.4 is 15.5 Å². The van der Waals surface area contributed by atoms with Crippen LogP contribution in [0.4, 0.5) is 0 Å². The van der Waals surface area contributed by atoms with Gasteiger partial charge in [-0.1, -0.05) is 6.58 Å². The van der Waals surface area contributed by atoms with Crippen molar-refractivity contribution in [2.45, 2.75) is 55.2 Å². The van der Waals surface area contributed by atoms with E-state index in [0.29, 0.717) is 32.7 Å². The van der Waals surface area contributed by atoms with Crippen LogP contribution in [0.15, 0.2) is 41.4 Å². The molecule has 1 aromatic carbocycles. The fraction of sp³-hybridized carbons (Fsp3) is 0.550. The number of carbonyl (C=O) groups is 1. The van der Waals surface area contributed by atoms with Gasteiger partial charge in [-0.15, -0.1) is 11.8 Å². The largest absolute Gasteiger partial charge is 0.494 e. The second-order valence-corrected chi connectivity index (χ2v) is 8.97. The van der Waals surface area contributed by atoms with Crippen molar-refractivity contribution in [1.29, 1.82) is 0 Å². The van der Waals surface area contributed by atoms with Crippen molar-refractivity contribution in [3.8, 4) is 5.75 Å². The highest BCUT2D eigenvalue weighted by atomic mass is 32.2. The van der Waals surface area contributed by atoms with Crippen molar-refractivity contribution in [2.75, 3.05) is 19.8 Å². The average molecular weight is 395 g/mol. The van der Waals surface area contributed by atoms with Crippen molar-refractivity contribution >= 4 is 17.7 Å². The number of carbonyl (C=O) groups excluding carboxylic acids is 1. The molecule has 1 aliphatic heterocycles. The maximum atomic E-state index is 12.2. The molecule has 150 valence electrons. The van der Waals surface area contributed by atoms with E-state index >= 15 is 0 Å². The van der Waals surface area contributed by atoms with E-state index in [9.17, 15) is 4.79 Å². The molecule has 0 aliphatic carbocycles. The van der Waals surface area contributed by atoms with E-state index in [1.165, 1.54) is 11.8 Å². The third kappa shape index (κ3) is 6.45. The summed E-state index contributed by atoms with van der Waals surface area (Å²) in [5.41, 5.74) is 2.68. The molecule has 1 heterocycles. The van der Waals surface area contributed by atoms with E-state index in [1.54, 1.807) is 0 Å². The van der Waals surface area contributed by atoms with Crippen LogP contribution in [0.25, 0.3) is 0 Å². The molecule has 0 bridgehead atoms. The molecule has 1 aliphatic rings. The van der Waals surface area contributed by atoms with Crippen LogP contribution in [0.5, 0.6) is 5.75 Å². The molecule has 0 saturated carbocycles. The molecule has 1 saturated heterocycles. The minimum Gasteiger partial charge on any atom is -0.494 e. The first-order chi connectivity index (χ1) is 12.8. The smallest absolute Gasteiger partial charge is 0.260 e. The topological polar surface area (TPSA) is 79.8 Å². The van der Waals surface area contributed by atoms with E-state index in [4.69, 9.17) is 14.7 Å². The molecule has 0 atom stereocenters. The van der Waals surface area contributed by atoms with Crippen LogP contribution in [0.2, 0.25) is 0 Å². The number of amides is 1. The quantitative estimate of drug-likeness (QED) is 0.439. The molecule has 6 nitrogen and oxygen atoms in total. The molecule has 1 amide bonds. The summed E-state index contributed by atoms with van der Waals surface area (Å²) in [6.45, 7) is 11.7. The van der Waals surface area contributed by atoms with Gasteiger partial charge in [-0.2, -0.15) is 0 Å². The van der Waals surface area contributed by atoms with E-state index in [1.807, 2.05) is 36.7 Å². The Bertz CT molecular complexity index is 640. The Labute approximate surface area is 165 Å². The first-order valence-corrected chi connectivity index (χ1v) is 9.96. The van der Waals surface area contributed by atoms with E-state index < -0.39 is 4.75 Å². The van der Waals surface area contributed by atoms with Crippen molar-refractivity contribution in [3.05, 3.63) is 36.5 Å². The van der Waals surface area contributed by atoms with Gasteiger partial charge in [0, 0.05) is 35.8 Å². The number of hydrogen-bond donors (Lipinski definition) is 3. The summed E-state index contributed by atoms with van der Waals surface area (Å²) < 4.78 is 10.5. The normalized spacial score (nSPS) is 16.4. The number of benzene rings is 1. The number of hydroxylamine groups is 1.